The molecule has 1 aromatic rings. The molecule has 11 heavy (non-hydrogen) atoms. The van der Waals surface area contributed by atoms with Crippen molar-refractivity contribution in [1.29, 1.82) is 0 Å². The van der Waals surface area contributed by atoms with Crippen LogP contribution in [0.3, 0.4) is 0 Å². The molecule has 1 aromatic heterocycles. The van der Waals surface area contributed by atoms with Crippen molar-refractivity contribution in [2.24, 2.45) is 0 Å². The van der Waals surface area contributed by atoms with Crippen LogP contribution in [0.5, 0.6) is 0 Å². The van der Waals surface area contributed by atoms with Gasteiger partial charge in [-0.05, 0) is 6.92 Å². The van der Waals surface area contributed by atoms with Gasteiger partial charge in [0.15, 0.2) is 5.78 Å². The summed E-state index contributed by atoms with van der Waals surface area (Å²) in [6.07, 6.45) is 2.70. The number of aromatic amines is 1. The fourth-order valence-electron chi connectivity index (χ4n) is 0.763. The minimum Gasteiger partial charge on any atom is -0.394 e. The van der Waals surface area contributed by atoms with Gasteiger partial charge in [-0.3, -0.25) is 9.59 Å². The van der Waals surface area contributed by atoms with E-state index in [1.54, 1.807) is 0 Å². The van der Waals surface area contributed by atoms with Gasteiger partial charge in [-0.1, -0.05) is 0 Å². The number of aromatic nitrogens is 1. The highest BCUT2D eigenvalue weighted by molar-refractivity contribution is 5.94. The number of carbonyl (C=O) groups excluding carboxylic acids is 1. The van der Waals surface area contributed by atoms with E-state index in [1.807, 2.05) is 0 Å². The van der Waals surface area contributed by atoms with E-state index in [9.17, 15) is 9.59 Å². The fourth-order valence-corrected chi connectivity index (χ4v) is 0.763. The summed E-state index contributed by atoms with van der Waals surface area (Å²) in [7, 11) is 0. The van der Waals surface area contributed by atoms with E-state index >= 15 is 0 Å². The van der Waals surface area contributed by atoms with Crippen molar-refractivity contribution in [3.63, 3.8) is 0 Å². The van der Waals surface area contributed by atoms with Crippen molar-refractivity contribution >= 4 is 11.5 Å². The molecule has 0 aromatic carbocycles. The van der Waals surface area contributed by atoms with E-state index in [1.165, 1.54) is 19.3 Å². The molecule has 0 bridgehead atoms. The van der Waals surface area contributed by atoms with Crippen molar-refractivity contribution in [3.8, 4) is 0 Å². The van der Waals surface area contributed by atoms with E-state index in [0.29, 0.717) is 0 Å². The second-order valence-electron chi connectivity index (χ2n) is 2.21. The molecule has 4 nitrogen and oxygen atoms in total. The first-order valence-corrected chi connectivity index (χ1v) is 3.10. The van der Waals surface area contributed by atoms with Crippen molar-refractivity contribution in [2.45, 2.75) is 6.92 Å². The largest absolute Gasteiger partial charge is 0.394 e. The number of hydrogen-bond acceptors (Lipinski definition) is 3. The van der Waals surface area contributed by atoms with Crippen molar-refractivity contribution in [3.05, 3.63) is 28.2 Å². The van der Waals surface area contributed by atoms with Gasteiger partial charge in [0, 0.05) is 12.4 Å². The van der Waals surface area contributed by atoms with Crippen LogP contribution in [0.2, 0.25) is 0 Å². The van der Waals surface area contributed by atoms with Crippen LogP contribution in [-0.4, -0.2) is 10.8 Å². The second-order valence-corrected chi connectivity index (χ2v) is 2.21. The first kappa shape index (κ1) is 7.53. The Hall–Kier alpha value is -1.58. The summed E-state index contributed by atoms with van der Waals surface area (Å²) in [6, 6.07) is 0. The Morgan fingerprint density at radius 1 is 1.55 bits per heavy atom. The summed E-state index contributed by atoms with van der Waals surface area (Å²) in [5, 5.41) is 0. The molecule has 0 unspecified atom stereocenters. The number of rotatable bonds is 1. The number of anilines is 1. The molecule has 0 aliphatic rings. The van der Waals surface area contributed by atoms with Crippen molar-refractivity contribution in [2.75, 3.05) is 5.73 Å². The van der Waals surface area contributed by atoms with E-state index in [4.69, 9.17) is 5.73 Å². The molecule has 0 atom stereocenters. The zero-order valence-electron chi connectivity index (χ0n) is 6.05. The lowest BCUT2D eigenvalue weighted by molar-refractivity contribution is 0.101. The fraction of sp³-hybridized carbons (Fsp3) is 0.143. The molecule has 0 radical (unpaired) electrons. The first-order valence-electron chi connectivity index (χ1n) is 3.10. The molecule has 0 aliphatic heterocycles. The summed E-state index contributed by atoms with van der Waals surface area (Å²) < 4.78 is 0. The topological polar surface area (TPSA) is 75.9 Å². The van der Waals surface area contributed by atoms with Crippen LogP contribution < -0.4 is 11.2 Å². The smallest absolute Gasteiger partial charge is 0.215 e. The Balaban J connectivity index is 3.40. The lowest BCUT2D eigenvalue weighted by atomic mass is 10.2. The first-order chi connectivity index (χ1) is 5.13. The molecule has 4 heteroatoms. The minimum atomic E-state index is -0.406. The molecule has 0 fully saturated rings. The van der Waals surface area contributed by atoms with Gasteiger partial charge in [0.1, 0.15) is 0 Å². The van der Waals surface area contributed by atoms with Crippen LogP contribution in [0, 0.1) is 0 Å². The summed E-state index contributed by atoms with van der Waals surface area (Å²) in [5.74, 6) is -0.279. The van der Waals surface area contributed by atoms with Crippen molar-refractivity contribution in [1.82, 2.24) is 4.98 Å². The van der Waals surface area contributed by atoms with Gasteiger partial charge < -0.3 is 10.7 Å². The van der Waals surface area contributed by atoms with Gasteiger partial charge in [-0.25, -0.2) is 0 Å². The number of nitrogen functional groups attached to an aromatic ring is 1. The molecule has 0 spiro atoms. The Morgan fingerprint density at radius 2 is 2.18 bits per heavy atom. The Kier molecular flexibility index (Phi) is 1.76. The number of Topliss-reactive ketones (excluding diaryl/α,β-unsaturated/α-hetero) is 1. The molecule has 58 valence electrons. The monoisotopic (exact) mass is 152 g/mol. The summed E-state index contributed by atoms with van der Waals surface area (Å²) in [6.45, 7) is 1.32. The van der Waals surface area contributed by atoms with Gasteiger partial charge in [-0.15, -0.1) is 0 Å². The summed E-state index contributed by atoms with van der Waals surface area (Å²) >= 11 is 0. The normalized spacial score (nSPS) is 9.55. The number of hydrogen-bond donors (Lipinski definition) is 2. The molecular formula is C7H8N2O2. The van der Waals surface area contributed by atoms with Gasteiger partial charge in [0.2, 0.25) is 5.43 Å². The number of carbonyl (C=O) groups is 1. The standard InChI is InChI=1S/C7H8N2O2/c1-4(10)5-2-9-3-6(8)7(5)11/h2-3H,8H2,1H3,(H,9,11). The van der Waals surface area contributed by atoms with Gasteiger partial charge in [0.05, 0.1) is 11.3 Å². The molecule has 1 heterocycles. The van der Waals surface area contributed by atoms with Crippen LogP contribution in [-0.2, 0) is 0 Å². The van der Waals surface area contributed by atoms with E-state index in [2.05, 4.69) is 4.98 Å². The third-order valence-electron chi connectivity index (χ3n) is 1.35. The SMILES string of the molecule is CC(=O)c1c[nH]cc(N)c1=O. The average molecular weight is 152 g/mol. The van der Waals surface area contributed by atoms with E-state index in [-0.39, 0.29) is 17.0 Å². The summed E-state index contributed by atoms with van der Waals surface area (Å²) in [5.41, 5.74) is 5.03. The maximum atomic E-state index is 11.0. The minimum absolute atomic E-state index is 0.0673. The molecule has 0 aliphatic carbocycles. The quantitative estimate of drug-likeness (QED) is 0.563. The maximum absolute atomic E-state index is 11.0. The van der Waals surface area contributed by atoms with Gasteiger partial charge >= 0.3 is 0 Å². The number of nitrogens with two attached hydrogens (primary N) is 1. The number of pyridine rings is 1. The van der Waals surface area contributed by atoms with E-state index < -0.39 is 5.43 Å². The predicted octanol–water partition coefficient (Wildman–Crippen LogP) is 0.160. The number of ketones is 1. The molecule has 0 saturated carbocycles. The second kappa shape index (κ2) is 2.57. The zero-order chi connectivity index (χ0) is 8.43. The molecule has 3 N–H and O–H groups in total. The third-order valence-corrected chi connectivity index (χ3v) is 1.35. The van der Waals surface area contributed by atoms with Gasteiger partial charge in [0.25, 0.3) is 0 Å². The van der Waals surface area contributed by atoms with Gasteiger partial charge in [-0.2, -0.15) is 0 Å². The molecule has 1 rings (SSSR count). The summed E-state index contributed by atoms with van der Waals surface area (Å²) in [4.78, 5) is 24.4. The Bertz CT molecular complexity index is 341. The highest BCUT2D eigenvalue weighted by atomic mass is 16.1. The third kappa shape index (κ3) is 1.29. The highest BCUT2D eigenvalue weighted by Gasteiger charge is 2.05. The van der Waals surface area contributed by atoms with Crippen LogP contribution in [0.15, 0.2) is 17.2 Å². The lowest BCUT2D eigenvalue weighted by Gasteiger charge is -1.94. The average Bonchev–Trinajstić information content (AvgIpc) is 1.94. The lowest BCUT2D eigenvalue weighted by Crippen LogP contribution is -2.16. The van der Waals surface area contributed by atoms with Crippen molar-refractivity contribution < 1.29 is 4.79 Å². The highest BCUT2D eigenvalue weighted by Crippen LogP contribution is 1.94. The molecular weight excluding hydrogens is 144 g/mol. The van der Waals surface area contributed by atoms with E-state index in [0.717, 1.165) is 0 Å². The number of nitrogens with one attached hydrogen (secondary N) is 1. The predicted molar refractivity (Wildman–Crippen MR) is 41.5 cm³/mol. The van der Waals surface area contributed by atoms with Crippen LogP contribution in [0.4, 0.5) is 5.69 Å². The Labute approximate surface area is 63.0 Å². The molecule has 0 amide bonds. The Morgan fingerprint density at radius 3 is 2.64 bits per heavy atom. The maximum Gasteiger partial charge on any atom is 0.215 e. The van der Waals surface area contributed by atoms with Crippen LogP contribution >= 0.6 is 0 Å². The number of H-pyrrole nitrogens is 1. The molecule has 0 saturated heterocycles. The van der Waals surface area contributed by atoms with Crippen LogP contribution in [0.25, 0.3) is 0 Å². The zero-order valence-corrected chi connectivity index (χ0v) is 6.05. The van der Waals surface area contributed by atoms with Crippen LogP contribution in [0.1, 0.15) is 17.3 Å².